The second-order valence-electron chi connectivity index (χ2n) is 3.73. The molecular weight excluding hydrogens is 268 g/mol. The van der Waals surface area contributed by atoms with Crippen molar-refractivity contribution < 1.29 is 13.2 Å². The molecular formula is C11H14N4O3S. The fourth-order valence-corrected chi connectivity index (χ4v) is 2.29. The highest BCUT2D eigenvalue weighted by Gasteiger charge is 2.14. The number of benzene rings is 1. The zero-order chi connectivity index (χ0) is 13.7. The Hall–Kier alpha value is -2.06. The fourth-order valence-electron chi connectivity index (χ4n) is 1.38. The third-order valence-electron chi connectivity index (χ3n) is 2.31. The van der Waals surface area contributed by atoms with Crippen LogP contribution < -0.4 is 15.2 Å². The molecule has 19 heavy (non-hydrogen) atoms. The van der Waals surface area contributed by atoms with E-state index in [0.717, 1.165) is 0 Å². The highest BCUT2D eigenvalue weighted by atomic mass is 32.2. The number of imidazole rings is 1. The first kappa shape index (κ1) is 13.4. The SMILES string of the molecule is Nc1ccc(OCCNS(=O)(=O)c2cnc[nH]2)cc1. The maximum atomic E-state index is 11.7. The number of H-pyrrole nitrogens is 1. The summed E-state index contributed by atoms with van der Waals surface area (Å²) in [5.74, 6) is 0.634. The Balaban J connectivity index is 1.80. The van der Waals surface area contributed by atoms with Crippen LogP contribution in [-0.4, -0.2) is 31.5 Å². The van der Waals surface area contributed by atoms with Crippen molar-refractivity contribution in [3.63, 3.8) is 0 Å². The van der Waals surface area contributed by atoms with Crippen molar-refractivity contribution in [3.05, 3.63) is 36.8 Å². The molecule has 7 nitrogen and oxygen atoms in total. The molecule has 0 aliphatic rings. The Kier molecular flexibility index (Phi) is 4.03. The highest BCUT2D eigenvalue weighted by molar-refractivity contribution is 7.89. The van der Waals surface area contributed by atoms with Crippen LogP contribution in [0.1, 0.15) is 0 Å². The van der Waals surface area contributed by atoms with Crippen LogP contribution >= 0.6 is 0 Å². The van der Waals surface area contributed by atoms with Crippen LogP contribution in [0.3, 0.4) is 0 Å². The lowest BCUT2D eigenvalue weighted by molar-refractivity contribution is 0.323. The van der Waals surface area contributed by atoms with Crippen molar-refractivity contribution in [1.82, 2.24) is 14.7 Å². The van der Waals surface area contributed by atoms with Gasteiger partial charge in [-0.25, -0.2) is 18.1 Å². The summed E-state index contributed by atoms with van der Waals surface area (Å²) in [6.45, 7) is 0.378. The lowest BCUT2D eigenvalue weighted by Crippen LogP contribution is -2.28. The van der Waals surface area contributed by atoms with Crippen molar-refractivity contribution >= 4 is 15.7 Å². The van der Waals surface area contributed by atoms with Gasteiger partial charge in [-0.15, -0.1) is 0 Å². The number of hydrogen-bond donors (Lipinski definition) is 3. The molecule has 0 spiro atoms. The molecule has 1 aromatic carbocycles. The van der Waals surface area contributed by atoms with E-state index in [9.17, 15) is 8.42 Å². The predicted molar refractivity (Wildman–Crippen MR) is 70.1 cm³/mol. The molecule has 0 bridgehead atoms. The topological polar surface area (TPSA) is 110 Å². The first-order valence-electron chi connectivity index (χ1n) is 5.54. The van der Waals surface area contributed by atoms with Gasteiger partial charge in [0.2, 0.25) is 0 Å². The van der Waals surface area contributed by atoms with Crippen LogP contribution in [-0.2, 0) is 10.0 Å². The molecule has 8 heteroatoms. The molecule has 1 heterocycles. The van der Waals surface area contributed by atoms with Gasteiger partial charge < -0.3 is 15.5 Å². The Morgan fingerprint density at radius 3 is 2.68 bits per heavy atom. The second-order valence-corrected chi connectivity index (χ2v) is 5.47. The third kappa shape index (κ3) is 3.70. The maximum absolute atomic E-state index is 11.7. The number of aromatic nitrogens is 2. The van der Waals surface area contributed by atoms with Gasteiger partial charge in [-0.05, 0) is 24.3 Å². The van der Waals surface area contributed by atoms with Gasteiger partial charge in [-0.1, -0.05) is 0 Å². The minimum atomic E-state index is -3.55. The summed E-state index contributed by atoms with van der Waals surface area (Å²) in [5.41, 5.74) is 6.18. The first-order valence-corrected chi connectivity index (χ1v) is 7.02. The first-order chi connectivity index (χ1) is 9.08. The van der Waals surface area contributed by atoms with E-state index >= 15 is 0 Å². The number of anilines is 1. The van der Waals surface area contributed by atoms with Crippen molar-refractivity contribution in [2.45, 2.75) is 5.03 Å². The average molecular weight is 282 g/mol. The van der Waals surface area contributed by atoms with Gasteiger partial charge in [-0.3, -0.25) is 0 Å². The molecule has 2 rings (SSSR count). The number of aromatic amines is 1. The van der Waals surface area contributed by atoms with Crippen LogP contribution in [0.2, 0.25) is 0 Å². The number of nitrogens with zero attached hydrogens (tertiary/aromatic N) is 1. The van der Waals surface area contributed by atoms with Crippen molar-refractivity contribution in [3.8, 4) is 5.75 Å². The summed E-state index contributed by atoms with van der Waals surface area (Å²) in [4.78, 5) is 6.18. The van der Waals surface area contributed by atoms with Crippen LogP contribution in [0, 0.1) is 0 Å². The molecule has 0 saturated carbocycles. The van der Waals surface area contributed by atoms with E-state index in [4.69, 9.17) is 10.5 Å². The van der Waals surface area contributed by atoms with Gasteiger partial charge in [0.25, 0.3) is 10.0 Å². The standard InChI is InChI=1S/C11H14N4O3S/c12-9-1-3-10(4-2-9)18-6-5-15-19(16,17)11-7-13-8-14-11/h1-4,7-8,15H,5-6,12H2,(H,13,14). The molecule has 0 amide bonds. The minimum Gasteiger partial charge on any atom is -0.492 e. The molecule has 0 aliphatic carbocycles. The zero-order valence-electron chi connectivity index (χ0n) is 10.0. The molecule has 0 radical (unpaired) electrons. The minimum absolute atomic E-state index is 0.0278. The Bertz CT molecular complexity index is 608. The molecule has 0 aliphatic heterocycles. The Morgan fingerprint density at radius 1 is 1.32 bits per heavy atom. The lowest BCUT2D eigenvalue weighted by atomic mass is 10.3. The van der Waals surface area contributed by atoms with Gasteiger partial charge in [0.05, 0.1) is 12.5 Å². The Morgan fingerprint density at radius 2 is 2.05 bits per heavy atom. The summed E-state index contributed by atoms with van der Waals surface area (Å²) >= 11 is 0. The zero-order valence-corrected chi connectivity index (χ0v) is 10.9. The van der Waals surface area contributed by atoms with E-state index in [0.29, 0.717) is 11.4 Å². The molecule has 0 unspecified atom stereocenters. The number of nitrogen functional groups attached to an aromatic ring is 1. The lowest BCUT2D eigenvalue weighted by Gasteiger charge is -2.07. The van der Waals surface area contributed by atoms with E-state index in [1.54, 1.807) is 24.3 Å². The van der Waals surface area contributed by atoms with E-state index in [1.165, 1.54) is 12.5 Å². The third-order valence-corrected chi connectivity index (χ3v) is 3.69. The van der Waals surface area contributed by atoms with E-state index in [-0.39, 0.29) is 18.2 Å². The molecule has 0 saturated heterocycles. The van der Waals surface area contributed by atoms with E-state index in [1.807, 2.05) is 0 Å². The normalized spacial score (nSPS) is 11.4. The van der Waals surface area contributed by atoms with Gasteiger partial charge in [-0.2, -0.15) is 0 Å². The van der Waals surface area contributed by atoms with Crippen molar-refractivity contribution in [2.24, 2.45) is 0 Å². The summed E-state index contributed by atoms with van der Waals surface area (Å²) in [6, 6.07) is 6.87. The summed E-state index contributed by atoms with van der Waals surface area (Å²) in [6.07, 6.45) is 2.54. The summed E-state index contributed by atoms with van der Waals surface area (Å²) < 4.78 is 31.1. The molecule has 2 aromatic rings. The number of hydrogen-bond acceptors (Lipinski definition) is 5. The number of nitrogens with two attached hydrogens (primary N) is 1. The van der Waals surface area contributed by atoms with Crippen LogP contribution in [0.5, 0.6) is 5.75 Å². The van der Waals surface area contributed by atoms with Gasteiger partial charge in [0, 0.05) is 12.2 Å². The number of nitrogens with one attached hydrogen (secondary N) is 2. The largest absolute Gasteiger partial charge is 0.492 e. The van der Waals surface area contributed by atoms with Crippen LogP contribution in [0.15, 0.2) is 41.8 Å². The quantitative estimate of drug-likeness (QED) is 0.523. The number of sulfonamides is 1. The van der Waals surface area contributed by atoms with E-state index in [2.05, 4.69) is 14.7 Å². The average Bonchev–Trinajstić information content (AvgIpc) is 2.91. The highest BCUT2D eigenvalue weighted by Crippen LogP contribution is 2.12. The molecule has 1 aromatic heterocycles. The van der Waals surface area contributed by atoms with Crippen LogP contribution in [0.25, 0.3) is 0 Å². The Labute approximate surface area is 110 Å². The van der Waals surface area contributed by atoms with Crippen molar-refractivity contribution in [2.75, 3.05) is 18.9 Å². The number of ether oxygens (including phenoxy) is 1. The predicted octanol–water partition coefficient (Wildman–Crippen LogP) is 0.349. The van der Waals surface area contributed by atoms with Gasteiger partial charge in [0.15, 0.2) is 5.03 Å². The summed E-state index contributed by atoms with van der Waals surface area (Å²) in [7, 11) is -3.55. The van der Waals surface area contributed by atoms with Crippen molar-refractivity contribution in [1.29, 1.82) is 0 Å². The smallest absolute Gasteiger partial charge is 0.257 e. The fraction of sp³-hybridized carbons (Fsp3) is 0.182. The monoisotopic (exact) mass is 282 g/mol. The summed E-state index contributed by atoms with van der Waals surface area (Å²) in [5, 5.41) is 0.0278. The molecule has 102 valence electrons. The number of rotatable bonds is 6. The maximum Gasteiger partial charge on any atom is 0.257 e. The molecule has 0 atom stereocenters. The molecule has 0 fully saturated rings. The van der Waals surface area contributed by atoms with Crippen LogP contribution in [0.4, 0.5) is 5.69 Å². The van der Waals surface area contributed by atoms with Gasteiger partial charge >= 0.3 is 0 Å². The van der Waals surface area contributed by atoms with Gasteiger partial charge in [0.1, 0.15) is 12.4 Å². The van der Waals surface area contributed by atoms with E-state index < -0.39 is 10.0 Å². The second kappa shape index (κ2) is 5.72. The molecule has 4 N–H and O–H groups in total.